The Bertz CT molecular complexity index is 644. The van der Waals surface area contributed by atoms with Crippen LogP contribution in [-0.2, 0) is 22.2 Å². The van der Waals surface area contributed by atoms with Crippen molar-refractivity contribution >= 4 is 11.8 Å². The third-order valence-corrected chi connectivity index (χ3v) is 5.11. The second-order valence-electron chi connectivity index (χ2n) is 7.40. The molecule has 1 aromatic rings. The monoisotopic (exact) mass is 398 g/mol. The van der Waals surface area contributed by atoms with Crippen LogP contribution < -0.4 is 5.32 Å². The highest BCUT2D eigenvalue weighted by molar-refractivity contribution is 5.82. The van der Waals surface area contributed by atoms with E-state index < -0.39 is 11.7 Å². The van der Waals surface area contributed by atoms with E-state index in [4.69, 9.17) is 0 Å². The number of hydrogen-bond acceptors (Lipinski definition) is 2. The molecule has 0 bridgehead atoms. The molecule has 2 amide bonds. The van der Waals surface area contributed by atoms with Crippen molar-refractivity contribution in [1.82, 2.24) is 10.2 Å². The smallest absolute Gasteiger partial charge is 0.356 e. The van der Waals surface area contributed by atoms with Gasteiger partial charge in [0.25, 0.3) is 0 Å². The fourth-order valence-electron chi connectivity index (χ4n) is 3.42. The molecule has 0 saturated carbocycles. The third kappa shape index (κ3) is 6.84. The summed E-state index contributed by atoms with van der Waals surface area (Å²) in [5, 5.41) is 2.96. The van der Waals surface area contributed by atoms with E-state index in [1.54, 1.807) is 4.90 Å². The zero-order chi connectivity index (χ0) is 20.6. The lowest BCUT2D eigenvalue weighted by Gasteiger charge is -2.32. The van der Waals surface area contributed by atoms with E-state index in [2.05, 4.69) is 12.2 Å². The van der Waals surface area contributed by atoms with Crippen molar-refractivity contribution in [2.24, 2.45) is 5.92 Å². The van der Waals surface area contributed by atoms with Gasteiger partial charge >= 0.3 is 6.18 Å². The first-order chi connectivity index (χ1) is 13.3. The molecule has 1 fully saturated rings. The molecule has 0 radical (unpaired) electrons. The number of carbonyl (C=O) groups excluding carboxylic acids is 2. The average molecular weight is 398 g/mol. The van der Waals surface area contributed by atoms with Crippen molar-refractivity contribution in [3.63, 3.8) is 0 Å². The number of rotatable bonds is 8. The molecule has 0 aromatic heterocycles. The van der Waals surface area contributed by atoms with Gasteiger partial charge in [-0.15, -0.1) is 0 Å². The number of hydrogen-bond donors (Lipinski definition) is 1. The third-order valence-electron chi connectivity index (χ3n) is 5.11. The first-order valence-electron chi connectivity index (χ1n) is 10.0. The van der Waals surface area contributed by atoms with E-state index in [1.807, 2.05) is 0 Å². The number of alkyl halides is 3. The van der Waals surface area contributed by atoms with Crippen LogP contribution >= 0.6 is 0 Å². The maximum Gasteiger partial charge on any atom is 0.416 e. The highest BCUT2D eigenvalue weighted by atomic mass is 19.4. The molecule has 0 spiro atoms. The second-order valence-corrected chi connectivity index (χ2v) is 7.40. The average Bonchev–Trinajstić information content (AvgIpc) is 2.67. The van der Waals surface area contributed by atoms with E-state index in [-0.39, 0.29) is 24.2 Å². The maximum absolute atomic E-state index is 12.6. The molecule has 2 rings (SSSR count). The van der Waals surface area contributed by atoms with Crippen molar-refractivity contribution < 1.29 is 22.8 Å². The zero-order valence-electron chi connectivity index (χ0n) is 16.4. The van der Waals surface area contributed by atoms with Gasteiger partial charge in [0.15, 0.2) is 0 Å². The summed E-state index contributed by atoms with van der Waals surface area (Å²) in [6.45, 7) is 3.76. The Balaban J connectivity index is 1.82. The Morgan fingerprint density at radius 2 is 1.86 bits per heavy atom. The lowest BCUT2D eigenvalue weighted by molar-refractivity contribution is -0.137. The Labute approximate surface area is 164 Å². The van der Waals surface area contributed by atoms with Crippen LogP contribution in [0, 0.1) is 5.92 Å². The van der Waals surface area contributed by atoms with Crippen LogP contribution in [-0.4, -0.2) is 36.3 Å². The van der Waals surface area contributed by atoms with Gasteiger partial charge in [-0.05, 0) is 37.0 Å². The quantitative estimate of drug-likeness (QED) is 0.668. The molecule has 4 nitrogen and oxygen atoms in total. The van der Waals surface area contributed by atoms with Gasteiger partial charge in [-0.25, -0.2) is 0 Å². The number of amides is 2. The molecular weight excluding hydrogens is 369 g/mol. The van der Waals surface area contributed by atoms with Gasteiger partial charge in [0.05, 0.1) is 17.9 Å². The van der Waals surface area contributed by atoms with Gasteiger partial charge in [0.1, 0.15) is 0 Å². The van der Waals surface area contributed by atoms with Crippen LogP contribution in [0.5, 0.6) is 0 Å². The SMILES string of the molecule is CCCCCCNC(=O)C1CCCN(C(=O)Cc2ccc(C(F)(F)F)cc2)C1. The van der Waals surface area contributed by atoms with Crippen LogP contribution in [0.2, 0.25) is 0 Å². The van der Waals surface area contributed by atoms with Crippen LogP contribution in [0.3, 0.4) is 0 Å². The minimum atomic E-state index is -4.38. The molecule has 7 heteroatoms. The molecule has 1 atom stereocenters. The van der Waals surface area contributed by atoms with Gasteiger partial charge < -0.3 is 10.2 Å². The van der Waals surface area contributed by atoms with Gasteiger partial charge in [-0.3, -0.25) is 9.59 Å². The standard InChI is InChI=1S/C21H29F3N2O2/c1-2-3-4-5-12-25-20(28)17-7-6-13-26(15-17)19(27)14-16-8-10-18(11-9-16)21(22,23)24/h8-11,17H,2-7,12-15H2,1H3,(H,25,28). The number of benzene rings is 1. The minimum absolute atomic E-state index is 0.0106. The number of nitrogens with one attached hydrogen (secondary N) is 1. The van der Waals surface area contributed by atoms with Crippen LogP contribution in [0.1, 0.15) is 56.6 Å². The van der Waals surface area contributed by atoms with Gasteiger partial charge in [0.2, 0.25) is 11.8 Å². The highest BCUT2D eigenvalue weighted by Gasteiger charge is 2.31. The molecule has 1 heterocycles. The minimum Gasteiger partial charge on any atom is -0.356 e. The first-order valence-corrected chi connectivity index (χ1v) is 10.0. The predicted octanol–water partition coefficient (Wildman–Crippen LogP) is 4.18. The summed E-state index contributed by atoms with van der Waals surface area (Å²) in [5.74, 6) is -0.375. The van der Waals surface area contributed by atoms with Crippen molar-refractivity contribution in [2.75, 3.05) is 19.6 Å². The number of nitrogens with zero attached hydrogens (tertiary/aromatic N) is 1. The van der Waals surface area contributed by atoms with Gasteiger partial charge in [-0.1, -0.05) is 38.3 Å². The van der Waals surface area contributed by atoms with E-state index in [0.717, 1.165) is 50.7 Å². The van der Waals surface area contributed by atoms with Crippen molar-refractivity contribution in [2.45, 2.75) is 58.0 Å². The Morgan fingerprint density at radius 3 is 2.50 bits per heavy atom. The van der Waals surface area contributed by atoms with Crippen LogP contribution in [0.15, 0.2) is 24.3 Å². The molecule has 1 aliphatic heterocycles. The maximum atomic E-state index is 12.6. The molecule has 0 aliphatic carbocycles. The molecular formula is C21H29F3N2O2. The molecule has 1 N–H and O–H groups in total. The number of piperidine rings is 1. The van der Waals surface area contributed by atoms with Gasteiger partial charge in [-0.2, -0.15) is 13.2 Å². The normalized spacial score (nSPS) is 17.4. The van der Waals surface area contributed by atoms with Crippen LogP contribution in [0.25, 0.3) is 0 Å². The molecule has 156 valence electrons. The van der Waals surface area contributed by atoms with E-state index in [1.165, 1.54) is 12.1 Å². The van der Waals surface area contributed by atoms with E-state index in [0.29, 0.717) is 25.2 Å². The molecule has 1 unspecified atom stereocenters. The summed E-state index contributed by atoms with van der Waals surface area (Å²) in [7, 11) is 0. The topological polar surface area (TPSA) is 49.4 Å². The lowest BCUT2D eigenvalue weighted by Crippen LogP contribution is -2.46. The van der Waals surface area contributed by atoms with Gasteiger partial charge in [0, 0.05) is 19.6 Å². The summed E-state index contributed by atoms with van der Waals surface area (Å²) in [6, 6.07) is 4.66. The van der Waals surface area contributed by atoms with E-state index >= 15 is 0 Å². The number of carbonyl (C=O) groups is 2. The highest BCUT2D eigenvalue weighted by Crippen LogP contribution is 2.29. The molecule has 1 aliphatic rings. The predicted molar refractivity (Wildman–Crippen MR) is 102 cm³/mol. The summed E-state index contributed by atoms with van der Waals surface area (Å²) >= 11 is 0. The van der Waals surface area contributed by atoms with E-state index in [9.17, 15) is 22.8 Å². The summed E-state index contributed by atoms with van der Waals surface area (Å²) in [6.07, 6.45) is 1.54. The second kappa shape index (κ2) is 10.5. The molecule has 1 aromatic carbocycles. The Kier molecular flexibility index (Phi) is 8.33. The van der Waals surface area contributed by atoms with Crippen molar-refractivity contribution in [1.29, 1.82) is 0 Å². The fourth-order valence-corrected chi connectivity index (χ4v) is 3.42. The van der Waals surface area contributed by atoms with Crippen LogP contribution in [0.4, 0.5) is 13.2 Å². The largest absolute Gasteiger partial charge is 0.416 e. The van der Waals surface area contributed by atoms with Crippen molar-refractivity contribution in [3.05, 3.63) is 35.4 Å². The number of likely N-dealkylation sites (tertiary alicyclic amines) is 1. The molecule has 28 heavy (non-hydrogen) atoms. The Hall–Kier alpha value is -2.05. The first kappa shape index (κ1) is 22.2. The number of halogens is 3. The summed E-state index contributed by atoms with van der Waals surface area (Å²) in [5.41, 5.74) is -0.183. The van der Waals surface area contributed by atoms with Crippen molar-refractivity contribution in [3.8, 4) is 0 Å². The lowest BCUT2D eigenvalue weighted by atomic mass is 9.96. The molecule has 1 saturated heterocycles. The Morgan fingerprint density at radius 1 is 1.14 bits per heavy atom. The zero-order valence-corrected chi connectivity index (χ0v) is 16.4. The number of unbranched alkanes of at least 4 members (excludes halogenated alkanes) is 3. The fraction of sp³-hybridized carbons (Fsp3) is 0.619. The summed E-state index contributed by atoms with van der Waals surface area (Å²) in [4.78, 5) is 26.5. The summed E-state index contributed by atoms with van der Waals surface area (Å²) < 4.78 is 37.9.